The molecule has 0 saturated carbocycles. The molecule has 0 radical (unpaired) electrons. The Morgan fingerprint density at radius 1 is 1.18 bits per heavy atom. The predicted molar refractivity (Wildman–Crippen MR) is 52.6 cm³/mol. The van der Waals surface area contributed by atoms with E-state index in [-0.39, 0.29) is 0 Å². The summed E-state index contributed by atoms with van der Waals surface area (Å²) >= 11 is 0. The lowest BCUT2D eigenvalue weighted by atomic mass is 10.0. The van der Waals surface area contributed by atoms with Gasteiger partial charge in [-0.1, -0.05) is 45.9 Å². The second-order valence-corrected chi connectivity index (χ2v) is 3.08. The first kappa shape index (κ1) is 10.5. The molecule has 0 unspecified atom stereocenters. The van der Waals surface area contributed by atoms with Crippen LogP contribution in [0.2, 0.25) is 0 Å². The van der Waals surface area contributed by atoms with Crippen LogP contribution in [-0.4, -0.2) is 0 Å². The first-order chi connectivity index (χ1) is 5.22. The molecule has 0 aliphatic heterocycles. The molecule has 0 heterocycles. The van der Waals surface area contributed by atoms with Gasteiger partial charge in [-0.15, -0.1) is 0 Å². The van der Waals surface area contributed by atoms with Crippen molar-refractivity contribution in [2.75, 3.05) is 0 Å². The number of hydrogen-bond donors (Lipinski definition) is 0. The van der Waals surface area contributed by atoms with Crippen molar-refractivity contribution in [2.24, 2.45) is 5.92 Å². The van der Waals surface area contributed by atoms with Crippen molar-refractivity contribution in [3.8, 4) is 0 Å². The molecule has 0 aromatic heterocycles. The third-order valence-electron chi connectivity index (χ3n) is 1.65. The topological polar surface area (TPSA) is 0 Å². The minimum absolute atomic E-state index is 0.665. The van der Waals surface area contributed by atoms with Gasteiger partial charge in [-0.05, 0) is 24.3 Å². The highest BCUT2D eigenvalue weighted by Crippen LogP contribution is 2.11. The second-order valence-electron chi connectivity index (χ2n) is 3.08. The molecule has 11 heavy (non-hydrogen) atoms. The third kappa shape index (κ3) is 4.83. The Kier molecular flexibility index (Phi) is 5.91. The Labute approximate surface area is 71.0 Å². The van der Waals surface area contributed by atoms with Crippen molar-refractivity contribution in [3.05, 3.63) is 23.8 Å². The van der Waals surface area contributed by atoms with Crippen LogP contribution >= 0.6 is 0 Å². The Bertz CT molecular complexity index is 138. The van der Waals surface area contributed by atoms with E-state index in [9.17, 15) is 0 Å². The fourth-order valence-corrected chi connectivity index (χ4v) is 0.986. The lowest BCUT2D eigenvalue weighted by Crippen LogP contribution is -1.89. The van der Waals surface area contributed by atoms with E-state index in [1.165, 1.54) is 5.57 Å². The van der Waals surface area contributed by atoms with Crippen LogP contribution in [0.15, 0.2) is 23.8 Å². The van der Waals surface area contributed by atoms with Crippen LogP contribution in [0.3, 0.4) is 0 Å². The van der Waals surface area contributed by atoms with E-state index in [2.05, 4.69) is 45.9 Å². The van der Waals surface area contributed by atoms with Gasteiger partial charge in [-0.25, -0.2) is 0 Å². The zero-order valence-electron chi connectivity index (χ0n) is 8.22. The van der Waals surface area contributed by atoms with Crippen LogP contribution in [-0.2, 0) is 0 Å². The van der Waals surface area contributed by atoms with E-state index in [1.54, 1.807) is 0 Å². The van der Waals surface area contributed by atoms with Crippen LogP contribution < -0.4 is 0 Å². The molecule has 0 aliphatic rings. The maximum Gasteiger partial charge on any atom is -0.0222 e. The van der Waals surface area contributed by atoms with E-state index >= 15 is 0 Å². The maximum absolute atomic E-state index is 2.30. The third-order valence-corrected chi connectivity index (χ3v) is 1.65. The molecule has 0 amide bonds. The van der Waals surface area contributed by atoms with Crippen molar-refractivity contribution < 1.29 is 0 Å². The first-order valence-electron chi connectivity index (χ1n) is 4.58. The molecule has 0 aromatic carbocycles. The van der Waals surface area contributed by atoms with Gasteiger partial charge in [0.2, 0.25) is 0 Å². The van der Waals surface area contributed by atoms with Crippen molar-refractivity contribution in [1.29, 1.82) is 0 Å². The molecule has 0 aromatic rings. The molecule has 64 valence electrons. The van der Waals surface area contributed by atoms with Crippen LogP contribution in [0, 0.1) is 5.92 Å². The van der Waals surface area contributed by atoms with Gasteiger partial charge in [0, 0.05) is 0 Å². The predicted octanol–water partition coefficient (Wildman–Crippen LogP) is 3.95. The highest BCUT2D eigenvalue weighted by molar-refractivity contribution is 5.20. The van der Waals surface area contributed by atoms with Gasteiger partial charge in [-0.2, -0.15) is 0 Å². The Hall–Kier alpha value is -0.520. The summed E-state index contributed by atoms with van der Waals surface area (Å²) in [5, 5.41) is 0. The standard InChI is InChI=1S/C11H20/c1-5-7-9-11(8-6-2)10(3)4/h7-10H,5-6H2,1-4H3. The van der Waals surface area contributed by atoms with Gasteiger partial charge in [0.05, 0.1) is 0 Å². The minimum Gasteiger partial charge on any atom is -0.0845 e. The van der Waals surface area contributed by atoms with Crippen LogP contribution in [0.5, 0.6) is 0 Å². The van der Waals surface area contributed by atoms with Gasteiger partial charge in [0.25, 0.3) is 0 Å². The summed E-state index contributed by atoms with van der Waals surface area (Å²) in [6.45, 7) is 8.82. The lowest BCUT2D eigenvalue weighted by Gasteiger charge is -2.04. The number of allylic oxidation sites excluding steroid dienone is 4. The zero-order chi connectivity index (χ0) is 8.69. The lowest BCUT2D eigenvalue weighted by molar-refractivity contribution is 0.784. The summed E-state index contributed by atoms with van der Waals surface area (Å²) in [5.74, 6) is 0.665. The quantitative estimate of drug-likeness (QED) is 0.535. The van der Waals surface area contributed by atoms with Crippen molar-refractivity contribution in [3.63, 3.8) is 0 Å². The summed E-state index contributed by atoms with van der Waals surface area (Å²) in [6, 6.07) is 0. The monoisotopic (exact) mass is 152 g/mol. The van der Waals surface area contributed by atoms with Gasteiger partial charge < -0.3 is 0 Å². The molecule has 0 atom stereocenters. The summed E-state index contributed by atoms with van der Waals surface area (Å²) in [5.41, 5.74) is 1.47. The van der Waals surface area contributed by atoms with Crippen LogP contribution in [0.25, 0.3) is 0 Å². The van der Waals surface area contributed by atoms with Crippen molar-refractivity contribution in [1.82, 2.24) is 0 Å². The highest BCUT2D eigenvalue weighted by atomic mass is 14.0. The van der Waals surface area contributed by atoms with Gasteiger partial charge in [0.1, 0.15) is 0 Å². The van der Waals surface area contributed by atoms with Crippen molar-refractivity contribution in [2.45, 2.75) is 40.5 Å². The molecule has 0 N–H and O–H groups in total. The van der Waals surface area contributed by atoms with Crippen LogP contribution in [0.4, 0.5) is 0 Å². The fourth-order valence-electron chi connectivity index (χ4n) is 0.986. The van der Waals surface area contributed by atoms with E-state index < -0.39 is 0 Å². The number of hydrogen-bond acceptors (Lipinski definition) is 0. The molecule has 0 saturated heterocycles. The molecular formula is C11H20. The van der Waals surface area contributed by atoms with E-state index in [0.29, 0.717) is 5.92 Å². The molecule has 0 aliphatic carbocycles. The largest absolute Gasteiger partial charge is 0.0845 e. The van der Waals surface area contributed by atoms with Gasteiger partial charge in [-0.3, -0.25) is 0 Å². The van der Waals surface area contributed by atoms with Crippen molar-refractivity contribution >= 4 is 0 Å². The SMILES string of the molecule is CCC=CC(=CCC)C(C)C. The molecular weight excluding hydrogens is 132 g/mol. The van der Waals surface area contributed by atoms with E-state index in [1.807, 2.05) is 0 Å². The molecule has 0 heteroatoms. The summed E-state index contributed by atoms with van der Waals surface area (Å²) in [7, 11) is 0. The smallest absolute Gasteiger partial charge is 0.0222 e. The van der Waals surface area contributed by atoms with E-state index in [0.717, 1.165) is 12.8 Å². The molecule has 0 rings (SSSR count). The van der Waals surface area contributed by atoms with Crippen LogP contribution in [0.1, 0.15) is 40.5 Å². The Morgan fingerprint density at radius 3 is 2.18 bits per heavy atom. The summed E-state index contributed by atoms with van der Waals surface area (Å²) in [4.78, 5) is 0. The summed E-state index contributed by atoms with van der Waals surface area (Å²) < 4.78 is 0. The average Bonchev–Trinajstić information content (AvgIpc) is 1.97. The Balaban J connectivity index is 4.11. The average molecular weight is 152 g/mol. The fraction of sp³-hybridized carbons (Fsp3) is 0.636. The first-order valence-corrected chi connectivity index (χ1v) is 4.58. The minimum atomic E-state index is 0.665. The molecule has 0 spiro atoms. The normalized spacial score (nSPS) is 13.4. The van der Waals surface area contributed by atoms with E-state index in [4.69, 9.17) is 0 Å². The highest BCUT2D eigenvalue weighted by Gasteiger charge is 1.95. The number of rotatable bonds is 4. The van der Waals surface area contributed by atoms with Gasteiger partial charge in [0.15, 0.2) is 0 Å². The molecule has 0 bridgehead atoms. The summed E-state index contributed by atoms with van der Waals surface area (Å²) in [6.07, 6.45) is 9.04. The molecule has 0 fully saturated rings. The molecule has 0 nitrogen and oxygen atoms in total. The Morgan fingerprint density at radius 2 is 1.82 bits per heavy atom. The maximum atomic E-state index is 2.30. The van der Waals surface area contributed by atoms with Gasteiger partial charge >= 0.3 is 0 Å². The second kappa shape index (κ2) is 6.21. The zero-order valence-corrected chi connectivity index (χ0v) is 8.22.